The second-order valence-electron chi connectivity index (χ2n) is 5.90. The Morgan fingerprint density at radius 3 is 2.21 bits per heavy atom. The molecule has 0 spiro atoms. The molecule has 1 saturated heterocycles. The van der Waals surface area contributed by atoms with Crippen LogP contribution in [0.15, 0.2) is 70.2 Å². The van der Waals surface area contributed by atoms with Crippen LogP contribution in [0, 0.1) is 0 Å². The summed E-state index contributed by atoms with van der Waals surface area (Å²) in [5, 5.41) is 6.73. The minimum absolute atomic E-state index is 0.967. The minimum atomic E-state index is 0.967. The molecule has 0 unspecified atom stereocenters. The molecule has 0 bridgehead atoms. The van der Waals surface area contributed by atoms with E-state index in [1.165, 1.54) is 11.1 Å². The highest BCUT2D eigenvalue weighted by Gasteiger charge is 2.15. The lowest BCUT2D eigenvalue weighted by Gasteiger charge is -2.33. The summed E-state index contributed by atoms with van der Waals surface area (Å²) in [6, 6.07) is 20.9. The summed E-state index contributed by atoms with van der Waals surface area (Å²) in [6.45, 7) is 5.05. The van der Waals surface area contributed by atoms with Gasteiger partial charge in [0.15, 0.2) is 0 Å². The lowest BCUT2D eigenvalue weighted by atomic mass is 10.2. The fourth-order valence-corrected chi connectivity index (χ4v) is 3.09. The minimum Gasteiger partial charge on any atom is -0.295 e. The molecule has 1 aliphatic heterocycles. The maximum Gasteiger partial charge on any atom is 0.0612 e. The van der Waals surface area contributed by atoms with Gasteiger partial charge in [0.25, 0.3) is 0 Å². The Balaban J connectivity index is 1.47. The van der Waals surface area contributed by atoms with Crippen LogP contribution in [-0.4, -0.2) is 42.3 Å². The summed E-state index contributed by atoms with van der Waals surface area (Å²) in [5.74, 6) is 0. The van der Waals surface area contributed by atoms with Gasteiger partial charge in [-0.05, 0) is 33.1 Å². The van der Waals surface area contributed by atoms with Gasteiger partial charge < -0.3 is 0 Å². The quantitative estimate of drug-likeness (QED) is 0.719. The van der Waals surface area contributed by atoms with Crippen molar-refractivity contribution in [3.63, 3.8) is 0 Å². The van der Waals surface area contributed by atoms with Crippen molar-refractivity contribution < 1.29 is 0 Å². The first-order valence-corrected chi connectivity index (χ1v) is 9.06. The summed E-state index contributed by atoms with van der Waals surface area (Å²) < 4.78 is 0.986. The molecular weight excluding hydrogens is 362 g/mol. The first-order chi connectivity index (χ1) is 11.8. The topological polar surface area (TPSA) is 18.8 Å². The highest BCUT2D eigenvalue weighted by Crippen LogP contribution is 2.12. The number of halogens is 1. The lowest BCUT2D eigenvalue weighted by molar-refractivity contribution is 0.131. The van der Waals surface area contributed by atoms with E-state index in [0.29, 0.717) is 0 Å². The zero-order valence-corrected chi connectivity index (χ0v) is 15.3. The van der Waals surface area contributed by atoms with E-state index in [1.807, 2.05) is 24.4 Å². The summed E-state index contributed by atoms with van der Waals surface area (Å²) in [4.78, 5) is 2.48. The molecule has 24 heavy (non-hydrogen) atoms. The van der Waals surface area contributed by atoms with Crippen LogP contribution in [0.4, 0.5) is 0 Å². The van der Waals surface area contributed by atoms with Crippen LogP contribution in [0.5, 0.6) is 0 Å². The molecule has 3 nitrogen and oxygen atoms in total. The maximum atomic E-state index is 4.59. The largest absolute Gasteiger partial charge is 0.295 e. The van der Waals surface area contributed by atoms with Gasteiger partial charge in [-0.3, -0.25) is 9.91 Å². The number of rotatable bonds is 5. The number of nitrogens with zero attached hydrogens (tertiary/aromatic N) is 3. The second-order valence-corrected chi connectivity index (χ2v) is 6.82. The highest BCUT2D eigenvalue weighted by molar-refractivity contribution is 9.12. The Bertz CT molecular complexity index is 675. The van der Waals surface area contributed by atoms with Gasteiger partial charge in [-0.2, -0.15) is 5.10 Å². The van der Waals surface area contributed by atoms with E-state index in [0.717, 1.165) is 37.2 Å². The molecule has 3 rings (SSSR count). The van der Waals surface area contributed by atoms with E-state index in [-0.39, 0.29) is 0 Å². The molecule has 2 aromatic rings. The lowest BCUT2D eigenvalue weighted by Crippen LogP contribution is -2.43. The average molecular weight is 384 g/mol. The van der Waals surface area contributed by atoms with Gasteiger partial charge in [0.1, 0.15) is 0 Å². The van der Waals surface area contributed by atoms with Gasteiger partial charge in [-0.25, -0.2) is 0 Å². The Morgan fingerprint density at radius 1 is 0.917 bits per heavy atom. The van der Waals surface area contributed by atoms with Crippen molar-refractivity contribution >= 4 is 28.2 Å². The predicted molar refractivity (Wildman–Crippen MR) is 105 cm³/mol. The molecule has 1 fully saturated rings. The number of hydrogen-bond acceptors (Lipinski definition) is 3. The first-order valence-electron chi connectivity index (χ1n) is 8.27. The zero-order valence-electron chi connectivity index (χ0n) is 13.7. The van der Waals surface area contributed by atoms with Gasteiger partial charge in [0, 0.05) is 37.2 Å². The van der Waals surface area contributed by atoms with E-state index < -0.39 is 0 Å². The number of piperazine rings is 1. The molecule has 1 aliphatic rings. The fourth-order valence-electron chi connectivity index (χ4n) is 2.74. The standard InChI is InChI=1S/C20H22BrN3/c21-20(15-18-7-3-1-4-8-18)16-22-24-13-11-23(12-14-24)17-19-9-5-2-6-10-19/h1-10,15-16H,11-14,17H2. The number of hydrazone groups is 1. The van der Waals surface area contributed by atoms with Crippen molar-refractivity contribution in [2.75, 3.05) is 26.2 Å². The van der Waals surface area contributed by atoms with Crippen molar-refractivity contribution in [1.82, 2.24) is 9.91 Å². The third kappa shape index (κ3) is 5.32. The van der Waals surface area contributed by atoms with Crippen molar-refractivity contribution in [3.8, 4) is 0 Å². The van der Waals surface area contributed by atoms with Crippen LogP contribution < -0.4 is 0 Å². The normalized spacial score (nSPS) is 16.7. The predicted octanol–water partition coefficient (Wildman–Crippen LogP) is 4.23. The molecule has 1 heterocycles. The molecule has 0 atom stereocenters. The maximum absolute atomic E-state index is 4.59. The van der Waals surface area contributed by atoms with Crippen LogP contribution in [0.3, 0.4) is 0 Å². The molecule has 0 amide bonds. The molecule has 4 heteroatoms. The van der Waals surface area contributed by atoms with Gasteiger partial charge in [0.2, 0.25) is 0 Å². The van der Waals surface area contributed by atoms with Crippen molar-refractivity contribution in [2.24, 2.45) is 5.10 Å². The van der Waals surface area contributed by atoms with Gasteiger partial charge >= 0.3 is 0 Å². The number of hydrogen-bond donors (Lipinski definition) is 0. The molecule has 0 saturated carbocycles. The van der Waals surface area contributed by atoms with Gasteiger partial charge in [0.05, 0.1) is 6.21 Å². The molecule has 0 N–H and O–H groups in total. The summed E-state index contributed by atoms with van der Waals surface area (Å²) in [7, 11) is 0. The number of allylic oxidation sites excluding steroid dienone is 1. The zero-order chi connectivity index (χ0) is 16.6. The van der Waals surface area contributed by atoms with Crippen LogP contribution in [0.1, 0.15) is 11.1 Å². The van der Waals surface area contributed by atoms with Crippen molar-refractivity contribution in [3.05, 3.63) is 76.3 Å². The van der Waals surface area contributed by atoms with Crippen molar-refractivity contribution in [2.45, 2.75) is 6.54 Å². The first kappa shape index (κ1) is 16.9. The summed E-state index contributed by atoms with van der Waals surface area (Å²) in [5.41, 5.74) is 2.55. The summed E-state index contributed by atoms with van der Waals surface area (Å²) >= 11 is 3.57. The smallest absolute Gasteiger partial charge is 0.0612 e. The van der Waals surface area contributed by atoms with Crippen molar-refractivity contribution in [1.29, 1.82) is 0 Å². The van der Waals surface area contributed by atoms with E-state index in [2.05, 4.69) is 79.5 Å². The fraction of sp³-hybridized carbons (Fsp3) is 0.250. The Morgan fingerprint density at radius 2 is 1.54 bits per heavy atom. The Kier molecular flexibility index (Phi) is 6.21. The molecule has 0 aliphatic carbocycles. The molecular formula is C20H22BrN3. The molecule has 124 valence electrons. The third-order valence-electron chi connectivity index (χ3n) is 4.05. The molecule has 0 aromatic heterocycles. The van der Waals surface area contributed by atoms with Crippen LogP contribution in [0.25, 0.3) is 6.08 Å². The van der Waals surface area contributed by atoms with Crippen LogP contribution in [0.2, 0.25) is 0 Å². The van der Waals surface area contributed by atoms with E-state index in [4.69, 9.17) is 0 Å². The third-order valence-corrected chi connectivity index (χ3v) is 4.48. The summed E-state index contributed by atoms with van der Waals surface area (Å²) in [6.07, 6.45) is 3.97. The van der Waals surface area contributed by atoms with E-state index >= 15 is 0 Å². The number of benzene rings is 2. The SMILES string of the molecule is BrC(C=NN1CCN(Cc2ccccc2)CC1)=Cc1ccccc1. The van der Waals surface area contributed by atoms with Gasteiger partial charge in [-0.15, -0.1) is 0 Å². The second kappa shape index (κ2) is 8.81. The molecule has 0 radical (unpaired) electrons. The van der Waals surface area contributed by atoms with E-state index in [1.54, 1.807) is 0 Å². The molecule has 2 aromatic carbocycles. The average Bonchev–Trinajstić information content (AvgIpc) is 2.63. The van der Waals surface area contributed by atoms with Crippen LogP contribution in [-0.2, 0) is 6.54 Å². The monoisotopic (exact) mass is 383 g/mol. The van der Waals surface area contributed by atoms with E-state index in [9.17, 15) is 0 Å². The Labute approximate surface area is 152 Å². The van der Waals surface area contributed by atoms with Gasteiger partial charge in [-0.1, -0.05) is 60.7 Å². The van der Waals surface area contributed by atoms with Crippen LogP contribution >= 0.6 is 15.9 Å². The Hall–Kier alpha value is -1.91. The highest BCUT2D eigenvalue weighted by atomic mass is 79.9.